The molecule has 1 aromatic heterocycles. The van der Waals surface area contributed by atoms with Gasteiger partial charge in [-0.15, -0.1) is 0 Å². The number of nitrogens with two attached hydrogens (primary N) is 1. The zero-order chi connectivity index (χ0) is 14.5. The molecular formula is C15H20N4O2. The predicted octanol–water partition coefficient (Wildman–Crippen LogP) is 0.992. The molecule has 1 unspecified atom stereocenters. The van der Waals surface area contributed by atoms with Crippen molar-refractivity contribution in [2.75, 3.05) is 32.8 Å². The van der Waals surface area contributed by atoms with Crippen molar-refractivity contribution in [3.05, 3.63) is 47.6 Å². The number of rotatable bonds is 5. The van der Waals surface area contributed by atoms with E-state index in [-0.39, 0.29) is 6.04 Å². The standard InChI is InChI=1S/C15H20N4O2/c16-13(11-19-6-8-20-9-7-19)15-17-14(21-18-15)10-12-4-2-1-3-5-12/h1-5,13H,6-11,16H2. The zero-order valence-corrected chi connectivity index (χ0v) is 11.9. The molecule has 1 aliphatic heterocycles. The van der Waals surface area contributed by atoms with Crippen molar-refractivity contribution in [2.24, 2.45) is 5.73 Å². The summed E-state index contributed by atoms with van der Waals surface area (Å²) in [5, 5.41) is 4.01. The fourth-order valence-corrected chi connectivity index (χ4v) is 2.40. The lowest BCUT2D eigenvalue weighted by Gasteiger charge is -2.27. The third-order valence-corrected chi connectivity index (χ3v) is 3.57. The summed E-state index contributed by atoms with van der Waals surface area (Å²) in [7, 11) is 0. The Kier molecular flexibility index (Phi) is 4.59. The highest BCUT2D eigenvalue weighted by atomic mass is 16.5. The fourth-order valence-electron chi connectivity index (χ4n) is 2.40. The van der Waals surface area contributed by atoms with Gasteiger partial charge in [-0.25, -0.2) is 0 Å². The molecule has 0 radical (unpaired) electrons. The Morgan fingerprint density at radius 3 is 2.71 bits per heavy atom. The molecule has 1 atom stereocenters. The van der Waals surface area contributed by atoms with Gasteiger partial charge in [0.1, 0.15) is 0 Å². The normalized spacial score (nSPS) is 17.8. The second-order valence-electron chi connectivity index (χ2n) is 5.23. The molecule has 2 aromatic rings. The van der Waals surface area contributed by atoms with Gasteiger partial charge in [-0.2, -0.15) is 4.98 Å². The molecule has 1 aliphatic rings. The third-order valence-electron chi connectivity index (χ3n) is 3.57. The number of morpholine rings is 1. The van der Waals surface area contributed by atoms with Crippen molar-refractivity contribution in [1.82, 2.24) is 15.0 Å². The topological polar surface area (TPSA) is 77.4 Å². The van der Waals surface area contributed by atoms with Crippen LogP contribution < -0.4 is 5.73 Å². The van der Waals surface area contributed by atoms with Crippen molar-refractivity contribution in [3.63, 3.8) is 0 Å². The Labute approximate surface area is 123 Å². The lowest BCUT2D eigenvalue weighted by molar-refractivity contribution is 0.0348. The van der Waals surface area contributed by atoms with Crippen LogP contribution in [0, 0.1) is 0 Å². The summed E-state index contributed by atoms with van der Waals surface area (Å²) in [4.78, 5) is 6.68. The fraction of sp³-hybridized carbons (Fsp3) is 0.467. The van der Waals surface area contributed by atoms with Crippen LogP contribution in [-0.2, 0) is 11.2 Å². The van der Waals surface area contributed by atoms with Crippen LogP contribution in [0.4, 0.5) is 0 Å². The van der Waals surface area contributed by atoms with Crippen LogP contribution in [0.15, 0.2) is 34.9 Å². The summed E-state index contributed by atoms with van der Waals surface area (Å²) in [6.07, 6.45) is 0.637. The molecule has 112 valence electrons. The molecule has 21 heavy (non-hydrogen) atoms. The molecule has 2 N–H and O–H groups in total. The molecule has 3 rings (SSSR count). The maximum absolute atomic E-state index is 6.17. The van der Waals surface area contributed by atoms with Gasteiger partial charge in [-0.05, 0) is 5.56 Å². The van der Waals surface area contributed by atoms with Gasteiger partial charge < -0.3 is 15.0 Å². The molecule has 1 aromatic carbocycles. The summed E-state index contributed by atoms with van der Waals surface area (Å²) in [5.74, 6) is 1.18. The van der Waals surface area contributed by atoms with Gasteiger partial charge >= 0.3 is 0 Å². The summed E-state index contributed by atoms with van der Waals surface area (Å²) in [5.41, 5.74) is 7.31. The minimum Gasteiger partial charge on any atom is -0.379 e. The third kappa shape index (κ3) is 3.87. The van der Waals surface area contributed by atoms with E-state index in [4.69, 9.17) is 15.0 Å². The molecule has 6 nitrogen and oxygen atoms in total. The van der Waals surface area contributed by atoms with Gasteiger partial charge in [0, 0.05) is 19.6 Å². The summed E-state index contributed by atoms with van der Waals surface area (Å²) in [6.45, 7) is 4.06. The Balaban J connectivity index is 1.58. The van der Waals surface area contributed by atoms with E-state index >= 15 is 0 Å². The molecule has 2 heterocycles. The van der Waals surface area contributed by atoms with E-state index in [2.05, 4.69) is 15.0 Å². The molecule has 0 aliphatic carbocycles. The first kappa shape index (κ1) is 14.2. The number of hydrogen-bond donors (Lipinski definition) is 1. The Morgan fingerprint density at radius 2 is 1.95 bits per heavy atom. The molecular weight excluding hydrogens is 268 g/mol. The quantitative estimate of drug-likeness (QED) is 0.884. The van der Waals surface area contributed by atoms with Gasteiger partial charge in [0.25, 0.3) is 0 Å². The minimum absolute atomic E-state index is 0.226. The summed E-state index contributed by atoms with van der Waals surface area (Å²) in [6, 6.07) is 9.83. The molecule has 6 heteroatoms. The lowest BCUT2D eigenvalue weighted by Crippen LogP contribution is -2.40. The number of ether oxygens (including phenoxy) is 1. The SMILES string of the molecule is NC(CN1CCOCC1)c1noc(Cc2ccccc2)n1. The average molecular weight is 288 g/mol. The second kappa shape index (κ2) is 6.80. The van der Waals surface area contributed by atoms with Crippen LogP contribution in [0.1, 0.15) is 23.3 Å². The lowest BCUT2D eigenvalue weighted by atomic mass is 10.1. The first-order valence-electron chi connectivity index (χ1n) is 7.23. The molecule has 1 fully saturated rings. The highest BCUT2D eigenvalue weighted by Crippen LogP contribution is 2.12. The van der Waals surface area contributed by atoms with Crippen molar-refractivity contribution in [2.45, 2.75) is 12.5 Å². The molecule has 0 amide bonds. The van der Waals surface area contributed by atoms with E-state index in [0.29, 0.717) is 18.1 Å². The Hall–Kier alpha value is -1.76. The monoisotopic (exact) mass is 288 g/mol. The van der Waals surface area contributed by atoms with Crippen molar-refractivity contribution < 1.29 is 9.26 Å². The molecule has 1 saturated heterocycles. The molecule has 0 saturated carbocycles. The van der Waals surface area contributed by atoms with Gasteiger partial charge in [0.05, 0.1) is 25.7 Å². The Bertz CT molecular complexity index is 552. The van der Waals surface area contributed by atoms with E-state index in [1.54, 1.807) is 0 Å². The van der Waals surface area contributed by atoms with E-state index in [0.717, 1.165) is 38.4 Å². The smallest absolute Gasteiger partial charge is 0.231 e. The molecule has 0 spiro atoms. The van der Waals surface area contributed by atoms with Crippen molar-refractivity contribution in [3.8, 4) is 0 Å². The van der Waals surface area contributed by atoms with Crippen LogP contribution in [0.5, 0.6) is 0 Å². The maximum Gasteiger partial charge on any atom is 0.231 e. The highest BCUT2D eigenvalue weighted by Gasteiger charge is 2.19. The second-order valence-corrected chi connectivity index (χ2v) is 5.23. The van der Waals surface area contributed by atoms with E-state index < -0.39 is 0 Å². The predicted molar refractivity (Wildman–Crippen MR) is 77.7 cm³/mol. The van der Waals surface area contributed by atoms with Crippen molar-refractivity contribution >= 4 is 0 Å². The number of benzene rings is 1. The Morgan fingerprint density at radius 1 is 1.19 bits per heavy atom. The first-order valence-corrected chi connectivity index (χ1v) is 7.23. The summed E-state index contributed by atoms with van der Waals surface area (Å²) >= 11 is 0. The number of nitrogens with zero attached hydrogens (tertiary/aromatic N) is 3. The summed E-state index contributed by atoms with van der Waals surface area (Å²) < 4.78 is 10.6. The van der Waals surface area contributed by atoms with Gasteiger partial charge in [0.2, 0.25) is 5.89 Å². The van der Waals surface area contributed by atoms with Crippen LogP contribution in [0.25, 0.3) is 0 Å². The van der Waals surface area contributed by atoms with Crippen LogP contribution >= 0.6 is 0 Å². The largest absolute Gasteiger partial charge is 0.379 e. The zero-order valence-electron chi connectivity index (χ0n) is 11.9. The average Bonchev–Trinajstić information content (AvgIpc) is 2.98. The number of hydrogen-bond acceptors (Lipinski definition) is 6. The van der Waals surface area contributed by atoms with Gasteiger partial charge in [-0.1, -0.05) is 35.5 Å². The van der Waals surface area contributed by atoms with E-state index in [1.807, 2.05) is 30.3 Å². The maximum atomic E-state index is 6.17. The van der Waals surface area contributed by atoms with Gasteiger partial charge in [-0.3, -0.25) is 4.90 Å². The van der Waals surface area contributed by atoms with Crippen LogP contribution in [0.3, 0.4) is 0 Å². The molecule has 0 bridgehead atoms. The van der Waals surface area contributed by atoms with E-state index in [1.165, 1.54) is 0 Å². The van der Waals surface area contributed by atoms with Gasteiger partial charge in [0.15, 0.2) is 5.82 Å². The number of aromatic nitrogens is 2. The van der Waals surface area contributed by atoms with E-state index in [9.17, 15) is 0 Å². The van der Waals surface area contributed by atoms with Crippen molar-refractivity contribution in [1.29, 1.82) is 0 Å². The first-order chi connectivity index (χ1) is 10.3. The minimum atomic E-state index is -0.226. The van der Waals surface area contributed by atoms with Crippen LogP contribution in [-0.4, -0.2) is 47.9 Å². The van der Waals surface area contributed by atoms with Crippen LogP contribution in [0.2, 0.25) is 0 Å². The highest BCUT2D eigenvalue weighted by molar-refractivity contribution is 5.18.